The van der Waals surface area contributed by atoms with Gasteiger partial charge in [-0.15, -0.1) is 0 Å². The monoisotopic (exact) mass is 796 g/mol. The predicted octanol–water partition coefficient (Wildman–Crippen LogP) is 10.3. The molecule has 0 bridgehead atoms. The van der Waals surface area contributed by atoms with Gasteiger partial charge in [0.15, 0.2) is 8.07 Å². The van der Waals surface area contributed by atoms with Gasteiger partial charge in [0.1, 0.15) is 0 Å². The molecule has 3 heterocycles. The molecule has 0 aliphatic carbocycles. The van der Waals surface area contributed by atoms with Crippen molar-refractivity contribution in [1.29, 1.82) is 0 Å². The Kier molecular flexibility index (Phi) is 8.22. The van der Waals surface area contributed by atoms with Gasteiger partial charge < -0.3 is 9.88 Å². The molecular formula is C56H40N4Si. The van der Waals surface area contributed by atoms with Crippen LogP contribution in [0.25, 0.3) is 65.8 Å². The van der Waals surface area contributed by atoms with Gasteiger partial charge in [0.05, 0.1) is 28.6 Å². The summed E-state index contributed by atoms with van der Waals surface area (Å²) in [6, 6.07) is 80.2. The lowest BCUT2D eigenvalue weighted by Gasteiger charge is -2.34. The molecule has 4 nitrogen and oxygen atoms in total. The Balaban J connectivity index is 1.05. The van der Waals surface area contributed by atoms with Crippen molar-refractivity contribution in [3.8, 4) is 5.69 Å². The number of fused-ring (bicyclic) bond motifs is 8. The van der Waals surface area contributed by atoms with Crippen LogP contribution in [-0.4, -0.2) is 29.7 Å². The molecule has 0 radical (unpaired) electrons. The molecule has 1 aliphatic heterocycles. The molecule has 0 fully saturated rings. The van der Waals surface area contributed by atoms with E-state index in [2.05, 4.69) is 239 Å². The molecular weight excluding hydrogens is 757 g/mol. The van der Waals surface area contributed by atoms with Crippen LogP contribution in [0.1, 0.15) is 5.56 Å². The standard InChI is InChI=1S/C56H40N4Si/c1-5-20-41(21-6-1)59-51-31-16-15-30-47(51)48-37-49-54(38-53(48)59)60(52-33-32-39-18-13-14-29-46(39)55(49)52)56-57-35-34-50(58-56)40-19-17-28-45(36-40)61(42-22-7-2-8-23-42,43-24-9-3-10-25-43)44-26-11-4-12-27-44/h1-34,36-38H,35H2,(H,57,58). The summed E-state index contributed by atoms with van der Waals surface area (Å²) in [5.74, 6) is 0.817. The van der Waals surface area contributed by atoms with Crippen LogP contribution in [0.3, 0.4) is 0 Å². The first-order valence-electron chi connectivity index (χ1n) is 21.0. The van der Waals surface area contributed by atoms with Crippen molar-refractivity contribution >= 4 is 94.9 Å². The molecule has 2 aromatic heterocycles. The lowest BCUT2D eigenvalue weighted by molar-refractivity contribution is 1.04. The van der Waals surface area contributed by atoms with Crippen LogP contribution in [0.4, 0.5) is 0 Å². The van der Waals surface area contributed by atoms with E-state index in [1.807, 2.05) is 0 Å². The molecule has 1 N–H and O–H groups in total. The highest BCUT2D eigenvalue weighted by atomic mass is 28.3. The first-order valence-corrected chi connectivity index (χ1v) is 23.0. The second-order valence-electron chi connectivity index (χ2n) is 15.9. The number of para-hydroxylation sites is 2. The van der Waals surface area contributed by atoms with Gasteiger partial charge >= 0.3 is 0 Å². The quantitative estimate of drug-likeness (QED) is 0.132. The molecule has 1 aliphatic rings. The Hall–Kier alpha value is -7.73. The number of aromatic nitrogens is 2. The Morgan fingerprint density at radius 1 is 0.410 bits per heavy atom. The van der Waals surface area contributed by atoms with Gasteiger partial charge in [0, 0.05) is 32.9 Å². The third kappa shape index (κ3) is 5.48. The van der Waals surface area contributed by atoms with Crippen molar-refractivity contribution < 1.29 is 0 Å². The molecule has 0 saturated carbocycles. The third-order valence-electron chi connectivity index (χ3n) is 12.7. The van der Waals surface area contributed by atoms with Crippen LogP contribution in [0.2, 0.25) is 0 Å². The zero-order valence-corrected chi connectivity index (χ0v) is 34.4. The Morgan fingerprint density at radius 2 is 1.00 bits per heavy atom. The molecule has 288 valence electrons. The smallest absolute Gasteiger partial charge is 0.208 e. The van der Waals surface area contributed by atoms with Crippen LogP contribution >= 0.6 is 0 Å². The minimum atomic E-state index is -2.73. The van der Waals surface area contributed by atoms with E-state index in [0.717, 1.165) is 39.5 Å². The van der Waals surface area contributed by atoms with Crippen LogP contribution < -0.4 is 26.1 Å². The van der Waals surface area contributed by atoms with Gasteiger partial charge in [-0.1, -0.05) is 182 Å². The Morgan fingerprint density at radius 3 is 1.70 bits per heavy atom. The summed E-state index contributed by atoms with van der Waals surface area (Å²) in [6.45, 7) is 0.557. The predicted molar refractivity (Wildman–Crippen MR) is 260 cm³/mol. The largest absolute Gasteiger partial charge is 0.325 e. The summed E-state index contributed by atoms with van der Waals surface area (Å²) in [5, 5.41) is 16.7. The van der Waals surface area contributed by atoms with Crippen LogP contribution in [0.15, 0.2) is 229 Å². The lowest BCUT2D eigenvalue weighted by Crippen LogP contribution is -2.74. The molecule has 0 atom stereocenters. The van der Waals surface area contributed by atoms with E-state index in [1.165, 1.54) is 58.6 Å². The van der Waals surface area contributed by atoms with Gasteiger partial charge in [0.25, 0.3) is 0 Å². The summed E-state index contributed by atoms with van der Waals surface area (Å²) < 4.78 is 4.76. The summed E-state index contributed by atoms with van der Waals surface area (Å²) in [4.78, 5) is 5.24. The van der Waals surface area contributed by atoms with Crippen molar-refractivity contribution in [2.45, 2.75) is 0 Å². The van der Waals surface area contributed by atoms with E-state index in [1.54, 1.807) is 0 Å². The second-order valence-corrected chi connectivity index (χ2v) is 19.7. The fourth-order valence-electron chi connectivity index (χ4n) is 10.1. The van der Waals surface area contributed by atoms with Gasteiger partial charge in [-0.05, 0) is 79.6 Å². The summed E-state index contributed by atoms with van der Waals surface area (Å²) in [7, 11) is -2.73. The average molecular weight is 797 g/mol. The van der Waals surface area contributed by atoms with E-state index >= 15 is 0 Å². The fraction of sp³-hybridized carbons (Fsp3) is 0.0179. The number of hydrogen-bond donors (Lipinski definition) is 1. The van der Waals surface area contributed by atoms with E-state index in [4.69, 9.17) is 4.99 Å². The zero-order valence-electron chi connectivity index (χ0n) is 33.4. The van der Waals surface area contributed by atoms with E-state index in [-0.39, 0.29) is 0 Å². The Bertz CT molecular complexity index is 3420. The minimum Gasteiger partial charge on any atom is -0.325 e. The number of nitrogens with one attached hydrogen (secondary N) is 1. The molecule has 9 aromatic carbocycles. The SMILES string of the molecule is C1=C(c2cccc([Si](c3ccccc3)(c3ccccc3)c3ccccc3)c2)NC(n2c3cc4c(cc3c3c5ccccc5ccc32)c2ccccc2n4-c2ccccc2)=NC1. The second kappa shape index (κ2) is 14.2. The molecule has 12 rings (SSSR count). The molecule has 11 aromatic rings. The first-order chi connectivity index (χ1) is 30.3. The van der Waals surface area contributed by atoms with Gasteiger partial charge in [-0.3, -0.25) is 4.57 Å². The van der Waals surface area contributed by atoms with E-state index in [0.29, 0.717) is 6.54 Å². The molecule has 0 amide bonds. The molecule has 61 heavy (non-hydrogen) atoms. The van der Waals surface area contributed by atoms with Gasteiger partial charge in [0.2, 0.25) is 5.96 Å². The summed E-state index contributed by atoms with van der Waals surface area (Å²) in [6.07, 6.45) is 2.23. The number of rotatable bonds is 6. The van der Waals surface area contributed by atoms with Crippen molar-refractivity contribution in [2.75, 3.05) is 6.54 Å². The Labute approximate surface area is 355 Å². The number of nitrogens with zero attached hydrogens (tertiary/aromatic N) is 3. The molecule has 0 unspecified atom stereocenters. The van der Waals surface area contributed by atoms with E-state index < -0.39 is 8.07 Å². The maximum absolute atomic E-state index is 5.24. The fourth-order valence-corrected chi connectivity index (χ4v) is 14.9. The number of hydrogen-bond acceptors (Lipinski definition) is 2. The van der Waals surface area contributed by atoms with Crippen molar-refractivity contribution in [3.05, 3.63) is 230 Å². The minimum absolute atomic E-state index is 0.557. The number of aliphatic imine (C=N–C) groups is 1. The summed E-state index contributed by atoms with van der Waals surface area (Å²) >= 11 is 0. The van der Waals surface area contributed by atoms with Crippen molar-refractivity contribution in [1.82, 2.24) is 14.5 Å². The average Bonchev–Trinajstić information content (AvgIpc) is 3.84. The zero-order chi connectivity index (χ0) is 40.3. The van der Waals surface area contributed by atoms with Gasteiger partial charge in [-0.25, -0.2) is 4.99 Å². The maximum atomic E-state index is 5.24. The topological polar surface area (TPSA) is 34.2 Å². The molecule has 0 spiro atoms. The third-order valence-corrected chi connectivity index (χ3v) is 17.5. The van der Waals surface area contributed by atoms with Crippen LogP contribution in [0, 0.1) is 0 Å². The van der Waals surface area contributed by atoms with Crippen molar-refractivity contribution in [2.24, 2.45) is 4.99 Å². The van der Waals surface area contributed by atoms with E-state index in [9.17, 15) is 0 Å². The highest BCUT2D eigenvalue weighted by molar-refractivity contribution is 7.19. The first kappa shape index (κ1) is 35.2. The van der Waals surface area contributed by atoms with Crippen molar-refractivity contribution in [3.63, 3.8) is 0 Å². The normalized spacial score (nSPS) is 13.2. The molecule has 0 saturated heterocycles. The number of benzene rings is 9. The van der Waals surface area contributed by atoms with Crippen LogP contribution in [0.5, 0.6) is 0 Å². The van der Waals surface area contributed by atoms with Crippen LogP contribution in [-0.2, 0) is 0 Å². The van der Waals surface area contributed by atoms with Gasteiger partial charge in [-0.2, -0.15) is 0 Å². The maximum Gasteiger partial charge on any atom is 0.208 e. The highest BCUT2D eigenvalue weighted by Crippen LogP contribution is 2.41. The summed E-state index contributed by atoms with van der Waals surface area (Å²) in [5.41, 5.74) is 7.93. The molecule has 5 heteroatoms. The lowest BCUT2D eigenvalue weighted by atomic mass is 10.0. The highest BCUT2D eigenvalue weighted by Gasteiger charge is 2.41.